The van der Waals surface area contributed by atoms with Gasteiger partial charge in [0, 0.05) is 6.42 Å². The molecule has 1 atom stereocenters. The van der Waals surface area contributed by atoms with E-state index >= 15 is 0 Å². The van der Waals surface area contributed by atoms with Gasteiger partial charge in [-0.1, -0.05) is 85.0 Å². The minimum Gasteiger partial charge on any atom is -0.466 e. The summed E-state index contributed by atoms with van der Waals surface area (Å²) in [7, 11) is 0. The maximum atomic E-state index is 12.5. The van der Waals surface area contributed by atoms with E-state index in [0.29, 0.717) is 19.6 Å². The van der Waals surface area contributed by atoms with Crippen molar-refractivity contribution in [1.29, 1.82) is 0 Å². The Morgan fingerprint density at radius 1 is 0.655 bits per heavy atom. The van der Waals surface area contributed by atoms with E-state index in [1.807, 2.05) is 6.92 Å². The zero-order valence-corrected chi connectivity index (χ0v) is 19.9. The Kier molecular flexibility index (Phi) is 18.2. The van der Waals surface area contributed by atoms with Gasteiger partial charge in [0.05, 0.1) is 18.6 Å². The van der Waals surface area contributed by atoms with Crippen LogP contribution in [0.1, 0.15) is 130 Å². The van der Waals surface area contributed by atoms with Gasteiger partial charge in [-0.2, -0.15) is 0 Å². The topological polar surface area (TPSA) is 52.6 Å². The molecule has 0 heterocycles. The zero-order valence-electron chi connectivity index (χ0n) is 19.9. The van der Waals surface area contributed by atoms with E-state index in [4.69, 9.17) is 9.47 Å². The van der Waals surface area contributed by atoms with Gasteiger partial charge in [0.1, 0.15) is 0 Å². The van der Waals surface area contributed by atoms with Crippen molar-refractivity contribution >= 4 is 11.9 Å². The second-order valence-corrected chi connectivity index (χ2v) is 8.36. The molecule has 0 saturated carbocycles. The normalized spacial score (nSPS) is 13.1. The SMILES string of the molecule is CCCCCCOC(=O)CCCCCCCCC(CC)(CCCC)C(=O)OCC. The lowest BCUT2D eigenvalue weighted by molar-refractivity contribution is -0.157. The fraction of sp³-hybridized carbons (Fsp3) is 0.920. The molecule has 0 aromatic rings. The van der Waals surface area contributed by atoms with Gasteiger partial charge in [-0.25, -0.2) is 0 Å². The average Bonchev–Trinajstić information content (AvgIpc) is 2.72. The van der Waals surface area contributed by atoms with E-state index in [9.17, 15) is 9.59 Å². The molecular formula is C25H48O4. The second kappa shape index (κ2) is 18.9. The molecule has 172 valence electrons. The number of rotatable bonds is 20. The Morgan fingerprint density at radius 3 is 1.86 bits per heavy atom. The molecule has 0 saturated heterocycles. The number of carbonyl (C=O) groups is 2. The highest BCUT2D eigenvalue weighted by Crippen LogP contribution is 2.36. The van der Waals surface area contributed by atoms with Crippen LogP contribution in [-0.4, -0.2) is 25.2 Å². The van der Waals surface area contributed by atoms with Crippen molar-refractivity contribution in [3.05, 3.63) is 0 Å². The van der Waals surface area contributed by atoms with Crippen LogP contribution >= 0.6 is 0 Å². The van der Waals surface area contributed by atoms with Crippen molar-refractivity contribution in [3.8, 4) is 0 Å². The fourth-order valence-electron chi connectivity index (χ4n) is 3.85. The first-order chi connectivity index (χ1) is 14.1. The standard InChI is InChI=1S/C25H48O4/c1-5-9-11-18-22-29-23(26)19-16-14-12-13-15-17-21-25(7-3,20-10-6-2)24(27)28-8-4/h5-22H2,1-4H3. The molecule has 0 spiro atoms. The van der Waals surface area contributed by atoms with Crippen molar-refractivity contribution in [3.63, 3.8) is 0 Å². The third kappa shape index (κ3) is 13.7. The van der Waals surface area contributed by atoms with Crippen LogP contribution in [-0.2, 0) is 19.1 Å². The Bertz CT molecular complexity index is 408. The highest BCUT2D eigenvalue weighted by atomic mass is 16.5. The van der Waals surface area contributed by atoms with Crippen molar-refractivity contribution < 1.29 is 19.1 Å². The van der Waals surface area contributed by atoms with Crippen molar-refractivity contribution in [2.75, 3.05) is 13.2 Å². The molecule has 29 heavy (non-hydrogen) atoms. The Balaban J connectivity index is 3.88. The Labute approximate surface area is 180 Å². The van der Waals surface area contributed by atoms with Crippen LogP contribution in [0.3, 0.4) is 0 Å². The van der Waals surface area contributed by atoms with E-state index in [0.717, 1.165) is 77.0 Å². The van der Waals surface area contributed by atoms with E-state index in [2.05, 4.69) is 20.8 Å². The summed E-state index contributed by atoms with van der Waals surface area (Å²) in [6.45, 7) is 9.41. The molecular weight excluding hydrogens is 364 g/mol. The number of ether oxygens (including phenoxy) is 2. The highest BCUT2D eigenvalue weighted by molar-refractivity contribution is 5.76. The summed E-state index contributed by atoms with van der Waals surface area (Å²) in [5.74, 6) is -0.0382. The monoisotopic (exact) mass is 412 g/mol. The maximum Gasteiger partial charge on any atom is 0.312 e. The van der Waals surface area contributed by atoms with Crippen LogP contribution < -0.4 is 0 Å². The number of unbranched alkanes of at least 4 members (excludes halogenated alkanes) is 9. The van der Waals surface area contributed by atoms with Gasteiger partial charge in [0.25, 0.3) is 0 Å². The van der Waals surface area contributed by atoms with Crippen LogP contribution in [0, 0.1) is 5.41 Å². The molecule has 0 rings (SSSR count). The number of hydrogen-bond acceptors (Lipinski definition) is 4. The lowest BCUT2D eigenvalue weighted by Gasteiger charge is -2.30. The zero-order chi connectivity index (χ0) is 21.8. The average molecular weight is 413 g/mol. The highest BCUT2D eigenvalue weighted by Gasteiger charge is 2.36. The van der Waals surface area contributed by atoms with Gasteiger partial charge < -0.3 is 9.47 Å². The lowest BCUT2D eigenvalue weighted by atomic mass is 9.76. The van der Waals surface area contributed by atoms with Crippen LogP contribution in [0.5, 0.6) is 0 Å². The first-order valence-electron chi connectivity index (χ1n) is 12.4. The summed E-state index contributed by atoms with van der Waals surface area (Å²) in [6.07, 6.45) is 16.6. The van der Waals surface area contributed by atoms with Crippen molar-refractivity contribution in [2.45, 2.75) is 130 Å². The van der Waals surface area contributed by atoms with E-state index in [1.165, 1.54) is 19.3 Å². The Hall–Kier alpha value is -1.06. The van der Waals surface area contributed by atoms with Gasteiger partial charge in [0.2, 0.25) is 0 Å². The van der Waals surface area contributed by atoms with Crippen LogP contribution in [0.25, 0.3) is 0 Å². The van der Waals surface area contributed by atoms with Crippen molar-refractivity contribution in [1.82, 2.24) is 0 Å². The molecule has 4 nitrogen and oxygen atoms in total. The molecule has 0 fully saturated rings. The molecule has 0 aliphatic carbocycles. The van der Waals surface area contributed by atoms with E-state index in [1.54, 1.807) is 0 Å². The number of carbonyl (C=O) groups excluding carboxylic acids is 2. The molecule has 0 radical (unpaired) electrons. The van der Waals surface area contributed by atoms with Crippen molar-refractivity contribution in [2.24, 2.45) is 5.41 Å². The summed E-state index contributed by atoms with van der Waals surface area (Å²) in [5.41, 5.74) is -0.285. The maximum absolute atomic E-state index is 12.5. The third-order valence-corrected chi connectivity index (χ3v) is 5.94. The minimum atomic E-state index is -0.285. The Morgan fingerprint density at radius 2 is 1.24 bits per heavy atom. The van der Waals surface area contributed by atoms with Gasteiger partial charge in [-0.3, -0.25) is 9.59 Å². The number of esters is 2. The van der Waals surface area contributed by atoms with Gasteiger partial charge in [-0.05, 0) is 39.0 Å². The minimum absolute atomic E-state index is 0.00385. The second-order valence-electron chi connectivity index (χ2n) is 8.36. The molecule has 0 aromatic carbocycles. The molecule has 1 unspecified atom stereocenters. The summed E-state index contributed by atoms with van der Waals surface area (Å²) in [4.78, 5) is 24.2. The van der Waals surface area contributed by atoms with Crippen LogP contribution in [0.2, 0.25) is 0 Å². The fourth-order valence-corrected chi connectivity index (χ4v) is 3.85. The first-order valence-corrected chi connectivity index (χ1v) is 12.4. The first kappa shape index (κ1) is 27.9. The smallest absolute Gasteiger partial charge is 0.312 e. The molecule has 0 aliphatic heterocycles. The molecule has 0 aliphatic rings. The summed E-state index contributed by atoms with van der Waals surface area (Å²) < 4.78 is 10.7. The third-order valence-electron chi connectivity index (χ3n) is 5.94. The predicted molar refractivity (Wildman–Crippen MR) is 121 cm³/mol. The predicted octanol–water partition coefficient (Wildman–Crippen LogP) is 7.38. The number of hydrogen-bond donors (Lipinski definition) is 0. The van der Waals surface area contributed by atoms with E-state index in [-0.39, 0.29) is 17.4 Å². The molecule has 0 amide bonds. The largest absolute Gasteiger partial charge is 0.466 e. The van der Waals surface area contributed by atoms with E-state index < -0.39 is 0 Å². The molecule has 0 aromatic heterocycles. The van der Waals surface area contributed by atoms with Gasteiger partial charge >= 0.3 is 11.9 Å². The summed E-state index contributed by atoms with van der Waals surface area (Å²) >= 11 is 0. The van der Waals surface area contributed by atoms with Crippen LogP contribution in [0.4, 0.5) is 0 Å². The lowest BCUT2D eigenvalue weighted by Crippen LogP contribution is -2.32. The van der Waals surface area contributed by atoms with Crippen LogP contribution in [0.15, 0.2) is 0 Å². The summed E-state index contributed by atoms with van der Waals surface area (Å²) in [6, 6.07) is 0. The van der Waals surface area contributed by atoms with Gasteiger partial charge in [-0.15, -0.1) is 0 Å². The summed E-state index contributed by atoms with van der Waals surface area (Å²) in [5, 5.41) is 0. The van der Waals surface area contributed by atoms with Gasteiger partial charge in [0.15, 0.2) is 0 Å². The molecule has 4 heteroatoms. The molecule has 0 bridgehead atoms. The molecule has 0 N–H and O–H groups in total. The quantitative estimate of drug-likeness (QED) is 0.155.